The molecule has 35 heavy (non-hydrogen) atoms. The summed E-state index contributed by atoms with van der Waals surface area (Å²) in [7, 11) is 0. The Hall–Kier alpha value is -1.91. The molecule has 4 nitrogen and oxygen atoms in total. The topological polar surface area (TPSA) is 66.8 Å². The highest BCUT2D eigenvalue weighted by Crippen LogP contribution is 2.70. The third kappa shape index (κ3) is 3.74. The van der Waals surface area contributed by atoms with Gasteiger partial charge in [-0.3, -0.25) is 4.79 Å². The van der Waals surface area contributed by atoms with Gasteiger partial charge in [-0.1, -0.05) is 43.7 Å². The summed E-state index contributed by atoms with van der Waals surface area (Å²) < 4.78 is 6.08. The van der Waals surface area contributed by atoms with Gasteiger partial charge < -0.3 is 14.9 Å². The first-order valence-electron chi connectivity index (χ1n) is 13.5. The molecule has 0 saturated heterocycles. The first kappa shape index (κ1) is 24.8. The Bertz CT molecular complexity index is 1030. The molecule has 2 N–H and O–H groups in total. The van der Waals surface area contributed by atoms with Crippen LogP contribution in [0, 0.1) is 34.0 Å². The number of rotatable bonds is 6. The van der Waals surface area contributed by atoms with Crippen molar-refractivity contribution < 1.29 is 19.7 Å². The molecule has 190 valence electrons. The van der Waals surface area contributed by atoms with Gasteiger partial charge in [0.25, 0.3) is 0 Å². The molecule has 1 aromatic rings. The molecule has 0 bridgehead atoms. The second-order valence-electron chi connectivity index (χ2n) is 12.5. The van der Waals surface area contributed by atoms with Gasteiger partial charge in [-0.2, -0.15) is 0 Å². The zero-order valence-electron chi connectivity index (χ0n) is 21.7. The Morgan fingerprint density at radius 1 is 1.11 bits per heavy atom. The summed E-state index contributed by atoms with van der Waals surface area (Å²) in [6.45, 7) is 11.0. The minimum Gasteiger partial charge on any atom is -0.508 e. The Morgan fingerprint density at radius 3 is 2.51 bits per heavy atom. The van der Waals surface area contributed by atoms with E-state index in [0.29, 0.717) is 43.0 Å². The average molecular weight is 479 g/mol. The van der Waals surface area contributed by atoms with Crippen molar-refractivity contribution in [3.63, 3.8) is 0 Å². The highest BCUT2D eigenvalue weighted by molar-refractivity contribution is 5.84. The van der Waals surface area contributed by atoms with E-state index in [-0.39, 0.29) is 22.0 Å². The molecule has 0 amide bonds. The smallest absolute Gasteiger partial charge is 0.169 e. The molecule has 0 heterocycles. The number of benzene rings is 1. The molecule has 4 aliphatic rings. The Morgan fingerprint density at radius 2 is 1.83 bits per heavy atom. The van der Waals surface area contributed by atoms with Gasteiger partial charge in [0.15, 0.2) is 5.79 Å². The third-order valence-electron chi connectivity index (χ3n) is 11.1. The van der Waals surface area contributed by atoms with Crippen LogP contribution in [-0.4, -0.2) is 21.8 Å². The van der Waals surface area contributed by atoms with Crippen LogP contribution in [0.25, 0.3) is 0 Å². The molecule has 3 saturated carbocycles. The van der Waals surface area contributed by atoms with Gasteiger partial charge in [0, 0.05) is 18.3 Å². The van der Waals surface area contributed by atoms with Crippen molar-refractivity contribution in [1.29, 1.82) is 0 Å². The summed E-state index contributed by atoms with van der Waals surface area (Å²) in [5.41, 5.74) is 2.22. The Kier molecular flexibility index (Phi) is 6.08. The minimum absolute atomic E-state index is 0.0541. The van der Waals surface area contributed by atoms with E-state index in [1.54, 1.807) is 12.1 Å². The number of carbonyl (C=O) groups excluding carboxylic acids is 1. The van der Waals surface area contributed by atoms with Crippen LogP contribution >= 0.6 is 0 Å². The standard InChI is InChI=1S/C31H42O4/c1-5-14-30(21(2)32)16-13-27-25-11-8-23-19-31(34,35-20-22-6-9-24(33)10-7-22)18-17-28(23,3)26(25)12-15-29(27,30)4/h5-10,25-27,33-34H,1,11-20H2,2-4H3/t25?,26?,27?,28-,29-,30-,31-/m0/s1. The van der Waals surface area contributed by atoms with E-state index in [0.717, 1.165) is 50.5 Å². The van der Waals surface area contributed by atoms with Crippen LogP contribution in [0.5, 0.6) is 5.75 Å². The van der Waals surface area contributed by atoms with Crippen molar-refractivity contribution in [2.45, 2.75) is 91.0 Å². The molecule has 1 aromatic carbocycles. The molecule has 0 radical (unpaired) electrons. The minimum atomic E-state index is -1.14. The number of aromatic hydroxyl groups is 1. The van der Waals surface area contributed by atoms with E-state index in [1.807, 2.05) is 25.1 Å². The van der Waals surface area contributed by atoms with Gasteiger partial charge in [0.2, 0.25) is 0 Å². The SMILES string of the molecule is C=CC[C@@]1(C(C)=O)CCC2C3CC=C4C[C@@](O)(OCc5ccc(O)cc5)CC[C@]4(C)C3CC[C@@]21C. The van der Waals surface area contributed by atoms with Gasteiger partial charge >= 0.3 is 0 Å². The number of Topliss-reactive ketones (excluding diaryl/α,β-unsaturated/α-hetero) is 1. The summed E-state index contributed by atoms with van der Waals surface area (Å²) >= 11 is 0. The number of phenolic OH excluding ortho intramolecular Hbond substituents is 1. The number of ether oxygens (including phenoxy) is 1. The van der Waals surface area contributed by atoms with E-state index in [2.05, 4.69) is 26.5 Å². The normalized spacial score (nSPS) is 42.4. The van der Waals surface area contributed by atoms with E-state index >= 15 is 0 Å². The third-order valence-corrected chi connectivity index (χ3v) is 11.1. The van der Waals surface area contributed by atoms with E-state index in [4.69, 9.17) is 4.74 Å². The number of carbonyl (C=O) groups is 1. The van der Waals surface area contributed by atoms with Crippen molar-refractivity contribution in [2.75, 3.05) is 0 Å². The number of hydrogen-bond acceptors (Lipinski definition) is 4. The Balaban J connectivity index is 1.35. The lowest BCUT2D eigenvalue weighted by Gasteiger charge is -2.60. The maximum atomic E-state index is 13.0. The lowest BCUT2D eigenvalue weighted by molar-refractivity contribution is -0.231. The van der Waals surface area contributed by atoms with E-state index < -0.39 is 5.79 Å². The van der Waals surface area contributed by atoms with Crippen LogP contribution in [0.2, 0.25) is 0 Å². The molecule has 7 atom stereocenters. The predicted octanol–water partition coefficient (Wildman–Crippen LogP) is 6.71. The summed E-state index contributed by atoms with van der Waals surface area (Å²) in [6, 6.07) is 6.98. The molecule has 5 rings (SSSR count). The van der Waals surface area contributed by atoms with Crippen LogP contribution in [0.3, 0.4) is 0 Å². The van der Waals surface area contributed by atoms with Crippen LogP contribution < -0.4 is 0 Å². The highest BCUT2D eigenvalue weighted by Gasteiger charge is 2.65. The summed E-state index contributed by atoms with van der Waals surface area (Å²) in [5, 5.41) is 20.9. The van der Waals surface area contributed by atoms with Crippen LogP contribution in [0.4, 0.5) is 0 Å². The fraction of sp³-hybridized carbons (Fsp3) is 0.645. The second kappa shape index (κ2) is 8.59. The van der Waals surface area contributed by atoms with Crippen molar-refractivity contribution in [3.8, 4) is 5.75 Å². The number of allylic oxidation sites excluding steroid dienone is 2. The van der Waals surface area contributed by atoms with Crippen molar-refractivity contribution in [3.05, 3.63) is 54.1 Å². The first-order valence-corrected chi connectivity index (χ1v) is 13.5. The van der Waals surface area contributed by atoms with Gasteiger partial charge in [0.05, 0.1) is 6.61 Å². The lowest BCUT2D eigenvalue weighted by atomic mass is 9.45. The fourth-order valence-corrected chi connectivity index (χ4v) is 8.99. The molecular weight excluding hydrogens is 436 g/mol. The summed E-state index contributed by atoms with van der Waals surface area (Å²) in [6.07, 6.45) is 12.8. The van der Waals surface area contributed by atoms with Gasteiger partial charge in [-0.05, 0) is 98.1 Å². The molecule has 4 heteroatoms. The molecule has 0 spiro atoms. The predicted molar refractivity (Wildman–Crippen MR) is 137 cm³/mol. The monoisotopic (exact) mass is 478 g/mol. The summed E-state index contributed by atoms with van der Waals surface area (Å²) in [5.74, 6) is 1.24. The fourth-order valence-electron chi connectivity index (χ4n) is 8.99. The van der Waals surface area contributed by atoms with Crippen molar-refractivity contribution >= 4 is 5.78 Å². The maximum Gasteiger partial charge on any atom is 0.169 e. The summed E-state index contributed by atoms with van der Waals surface area (Å²) in [4.78, 5) is 13.0. The Labute approximate surface area is 210 Å². The van der Waals surface area contributed by atoms with Gasteiger partial charge in [-0.15, -0.1) is 6.58 Å². The number of phenols is 1. The van der Waals surface area contributed by atoms with Crippen molar-refractivity contribution in [2.24, 2.45) is 34.0 Å². The number of ketones is 1. The largest absolute Gasteiger partial charge is 0.508 e. The molecular formula is C31H42O4. The number of hydrogen-bond donors (Lipinski definition) is 2. The number of fused-ring (bicyclic) bond motifs is 5. The molecule has 3 fully saturated rings. The lowest BCUT2D eigenvalue weighted by Crippen LogP contribution is -2.55. The van der Waals surface area contributed by atoms with Gasteiger partial charge in [0.1, 0.15) is 11.5 Å². The van der Waals surface area contributed by atoms with Crippen LogP contribution in [-0.2, 0) is 16.1 Å². The maximum absolute atomic E-state index is 13.0. The van der Waals surface area contributed by atoms with E-state index in [1.165, 1.54) is 5.57 Å². The molecule has 0 aromatic heterocycles. The van der Waals surface area contributed by atoms with E-state index in [9.17, 15) is 15.0 Å². The highest BCUT2D eigenvalue weighted by atomic mass is 16.6. The zero-order chi connectivity index (χ0) is 25.1. The second-order valence-corrected chi connectivity index (χ2v) is 12.5. The first-order chi connectivity index (χ1) is 16.6. The zero-order valence-corrected chi connectivity index (χ0v) is 21.7. The average Bonchev–Trinajstić information content (AvgIpc) is 3.13. The van der Waals surface area contributed by atoms with Gasteiger partial charge in [-0.25, -0.2) is 0 Å². The quantitative estimate of drug-likeness (QED) is 0.352. The van der Waals surface area contributed by atoms with Crippen molar-refractivity contribution in [1.82, 2.24) is 0 Å². The number of aliphatic hydroxyl groups is 1. The van der Waals surface area contributed by atoms with Crippen LogP contribution in [0.1, 0.15) is 84.1 Å². The molecule has 0 aliphatic heterocycles. The molecule has 3 unspecified atom stereocenters. The molecule has 4 aliphatic carbocycles. The van der Waals surface area contributed by atoms with Crippen LogP contribution in [0.15, 0.2) is 48.6 Å².